The van der Waals surface area contributed by atoms with Crippen molar-refractivity contribution in [2.24, 2.45) is 7.05 Å². The van der Waals surface area contributed by atoms with E-state index in [1.54, 1.807) is 0 Å². The number of benzene rings is 1. The molecule has 3 nitrogen and oxygen atoms in total. The van der Waals surface area contributed by atoms with E-state index in [0.29, 0.717) is 0 Å². The molecule has 17 heavy (non-hydrogen) atoms. The van der Waals surface area contributed by atoms with Gasteiger partial charge in [0, 0.05) is 30.2 Å². The number of nitrogens with one attached hydrogen (secondary N) is 1. The smallest absolute Gasteiger partial charge is 0.120 e. The van der Waals surface area contributed by atoms with Crippen LogP contribution in [0.1, 0.15) is 18.2 Å². The number of hydrogen-bond acceptors (Lipinski definition) is 2. The minimum absolute atomic E-state index is 0.724. The molecule has 0 radical (unpaired) electrons. The zero-order valence-corrected chi connectivity index (χ0v) is 10.4. The summed E-state index contributed by atoms with van der Waals surface area (Å²) < 4.78 is 7.89. The summed E-state index contributed by atoms with van der Waals surface area (Å²) in [5.74, 6) is 0.979. The van der Waals surface area contributed by atoms with Gasteiger partial charge < -0.3 is 14.6 Å². The van der Waals surface area contributed by atoms with Gasteiger partial charge >= 0.3 is 0 Å². The molecule has 90 valence electrons. The summed E-state index contributed by atoms with van der Waals surface area (Å²) in [6, 6.07) is 6.41. The number of aryl methyl sites for hydroxylation is 1. The fraction of sp³-hybridized carbons (Fsp3) is 0.429. The van der Waals surface area contributed by atoms with E-state index in [1.165, 1.54) is 22.2 Å². The van der Waals surface area contributed by atoms with E-state index in [2.05, 4.69) is 35.1 Å². The maximum Gasteiger partial charge on any atom is 0.120 e. The van der Waals surface area contributed by atoms with E-state index >= 15 is 0 Å². The number of ether oxygens (including phenoxy) is 1. The Morgan fingerprint density at radius 1 is 1.41 bits per heavy atom. The quantitative estimate of drug-likeness (QED) is 0.856. The van der Waals surface area contributed by atoms with Gasteiger partial charge in [-0.3, -0.25) is 0 Å². The lowest BCUT2D eigenvalue weighted by molar-refractivity contribution is 0.340. The van der Waals surface area contributed by atoms with Crippen molar-refractivity contribution in [1.29, 1.82) is 0 Å². The second-order valence-corrected chi connectivity index (χ2v) is 4.52. The van der Waals surface area contributed by atoms with Crippen molar-refractivity contribution in [2.75, 3.05) is 13.2 Å². The van der Waals surface area contributed by atoms with Gasteiger partial charge in [-0.2, -0.15) is 0 Å². The molecule has 0 unspecified atom stereocenters. The predicted molar refractivity (Wildman–Crippen MR) is 69.5 cm³/mol. The number of rotatable bonds is 2. The molecule has 1 aromatic carbocycles. The summed E-state index contributed by atoms with van der Waals surface area (Å²) >= 11 is 0. The van der Waals surface area contributed by atoms with Crippen LogP contribution in [0.15, 0.2) is 18.2 Å². The summed E-state index contributed by atoms with van der Waals surface area (Å²) in [7, 11) is 2.15. The van der Waals surface area contributed by atoms with Crippen LogP contribution in [0.3, 0.4) is 0 Å². The normalized spacial score (nSPS) is 14.9. The molecule has 0 amide bonds. The van der Waals surface area contributed by atoms with Crippen LogP contribution in [-0.4, -0.2) is 17.7 Å². The van der Waals surface area contributed by atoms with Gasteiger partial charge in [0.25, 0.3) is 0 Å². The van der Waals surface area contributed by atoms with Gasteiger partial charge in [0.15, 0.2) is 0 Å². The Morgan fingerprint density at radius 3 is 3.12 bits per heavy atom. The molecule has 1 N–H and O–H groups in total. The van der Waals surface area contributed by atoms with Crippen LogP contribution in [0, 0.1) is 0 Å². The van der Waals surface area contributed by atoms with Crippen molar-refractivity contribution < 1.29 is 4.74 Å². The molecule has 3 rings (SSSR count). The first-order valence-corrected chi connectivity index (χ1v) is 6.25. The fourth-order valence-electron chi connectivity index (χ4n) is 2.73. The average molecular weight is 230 g/mol. The second kappa shape index (κ2) is 4.08. The third kappa shape index (κ3) is 1.62. The maximum atomic E-state index is 5.59. The Balaban J connectivity index is 2.21. The molecule has 0 bridgehead atoms. The zero-order valence-electron chi connectivity index (χ0n) is 10.4. The first kappa shape index (κ1) is 10.7. The highest BCUT2D eigenvalue weighted by Gasteiger charge is 2.18. The van der Waals surface area contributed by atoms with Crippen LogP contribution >= 0.6 is 0 Å². The second-order valence-electron chi connectivity index (χ2n) is 4.52. The zero-order chi connectivity index (χ0) is 11.8. The summed E-state index contributed by atoms with van der Waals surface area (Å²) in [6.45, 7) is 4.80. The van der Waals surface area contributed by atoms with Crippen LogP contribution in [-0.2, 0) is 20.0 Å². The van der Waals surface area contributed by atoms with E-state index in [-0.39, 0.29) is 0 Å². The molecule has 2 aromatic rings. The summed E-state index contributed by atoms with van der Waals surface area (Å²) in [5, 5.41) is 4.79. The topological polar surface area (TPSA) is 26.2 Å². The van der Waals surface area contributed by atoms with Crippen LogP contribution in [0.4, 0.5) is 0 Å². The average Bonchev–Trinajstić information content (AvgIpc) is 2.65. The molecule has 0 atom stereocenters. The van der Waals surface area contributed by atoms with E-state index in [0.717, 1.165) is 31.9 Å². The lowest BCUT2D eigenvalue weighted by Gasteiger charge is -2.14. The minimum atomic E-state index is 0.724. The van der Waals surface area contributed by atoms with Gasteiger partial charge in [0.2, 0.25) is 0 Å². The van der Waals surface area contributed by atoms with E-state index in [9.17, 15) is 0 Å². The molecule has 0 saturated carbocycles. The van der Waals surface area contributed by atoms with E-state index < -0.39 is 0 Å². The van der Waals surface area contributed by atoms with Gasteiger partial charge in [-0.25, -0.2) is 0 Å². The van der Waals surface area contributed by atoms with Crippen LogP contribution in [0.5, 0.6) is 5.75 Å². The molecule has 1 aromatic heterocycles. The largest absolute Gasteiger partial charge is 0.494 e. The van der Waals surface area contributed by atoms with Crippen molar-refractivity contribution in [3.63, 3.8) is 0 Å². The van der Waals surface area contributed by atoms with Gasteiger partial charge in [0.05, 0.1) is 6.61 Å². The van der Waals surface area contributed by atoms with Gasteiger partial charge in [-0.05, 0) is 43.7 Å². The predicted octanol–water partition coefficient (Wildman–Crippen LogP) is 2.22. The SMILES string of the molecule is CCOc1ccc2c(c1)c1c(n2C)CNCC1. The number of fused-ring (bicyclic) bond motifs is 3. The fourth-order valence-corrected chi connectivity index (χ4v) is 2.73. The summed E-state index contributed by atoms with van der Waals surface area (Å²) in [4.78, 5) is 0. The van der Waals surface area contributed by atoms with E-state index in [4.69, 9.17) is 4.74 Å². The third-order valence-corrected chi connectivity index (χ3v) is 3.56. The molecule has 1 aliphatic rings. The molecule has 1 aliphatic heterocycles. The Kier molecular flexibility index (Phi) is 2.56. The first-order chi connectivity index (χ1) is 8.31. The maximum absolute atomic E-state index is 5.59. The lowest BCUT2D eigenvalue weighted by atomic mass is 10.0. The molecule has 0 spiro atoms. The lowest BCUT2D eigenvalue weighted by Crippen LogP contribution is -2.24. The highest BCUT2D eigenvalue weighted by molar-refractivity contribution is 5.87. The van der Waals surface area contributed by atoms with Crippen molar-refractivity contribution >= 4 is 10.9 Å². The Hall–Kier alpha value is -1.48. The molecule has 2 heterocycles. The van der Waals surface area contributed by atoms with Crippen molar-refractivity contribution in [2.45, 2.75) is 19.9 Å². The summed E-state index contributed by atoms with van der Waals surface area (Å²) in [6.07, 6.45) is 1.11. The number of aromatic nitrogens is 1. The number of nitrogens with zero attached hydrogens (tertiary/aromatic N) is 1. The molecular formula is C14H18N2O. The Bertz CT molecular complexity index is 557. The Morgan fingerprint density at radius 2 is 2.29 bits per heavy atom. The molecular weight excluding hydrogens is 212 g/mol. The monoisotopic (exact) mass is 230 g/mol. The van der Waals surface area contributed by atoms with Crippen LogP contribution in [0.2, 0.25) is 0 Å². The first-order valence-electron chi connectivity index (χ1n) is 6.25. The minimum Gasteiger partial charge on any atom is -0.494 e. The highest BCUT2D eigenvalue weighted by atomic mass is 16.5. The standard InChI is InChI=1S/C14H18N2O/c1-3-17-10-4-5-13-12(8-10)11-6-7-15-9-14(11)16(13)2/h4-5,8,15H,3,6-7,9H2,1-2H3. The van der Waals surface area contributed by atoms with Crippen molar-refractivity contribution in [1.82, 2.24) is 9.88 Å². The molecule has 0 fully saturated rings. The van der Waals surface area contributed by atoms with Crippen molar-refractivity contribution in [3.8, 4) is 5.75 Å². The van der Waals surface area contributed by atoms with Gasteiger partial charge in [0.1, 0.15) is 5.75 Å². The van der Waals surface area contributed by atoms with Crippen molar-refractivity contribution in [3.05, 3.63) is 29.5 Å². The van der Waals surface area contributed by atoms with Crippen LogP contribution < -0.4 is 10.1 Å². The van der Waals surface area contributed by atoms with Gasteiger partial charge in [-0.15, -0.1) is 0 Å². The van der Waals surface area contributed by atoms with Crippen LogP contribution in [0.25, 0.3) is 10.9 Å². The molecule has 0 aliphatic carbocycles. The van der Waals surface area contributed by atoms with Gasteiger partial charge in [-0.1, -0.05) is 0 Å². The molecule has 3 heteroatoms. The number of hydrogen-bond donors (Lipinski definition) is 1. The highest BCUT2D eigenvalue weighted by Crippen LogP contribution is 2.30. The summed E-state index contributed by atoms with van der Waals surface area (Å²) in [5.41, 5.74) is 4.21. The third-order valence-electron chi connectivity index (χ3n) is 3.56. The Labute approximate surface area is 101 Å². The molecule has 0 saturated heterocycles. The van der Waals surface area contributed by atoms with E-state index in [1.807, 2.05) is 6.92 Å².